The smallest absolute Gasteiger partial charge is 0.116 e. The summed E-state index contributed by atoms with van der Waals surface area (Å²) >= 11 is 0. The number of aliphatic hydroxyl groups is 1. The minimum Gasteiger partial charge on any atom is -0.383 e. The van der Waals surface area contributed by atoms with Crippen molar-refractivity contribution in [3.8, 4) is 0 Å². The van der Waals surface area contributed by atoms with Gasteiger partial charge in [0.15, 0.2) is 0 Å². The molecule has 2 aromatic rings. The summed E-state index contributed by atoms with van der Waals surface area (Å²) in [5.41, 5.74) is 2.36. The summed E-state index contributed by atoms with van der Waals surface area (Å²) in [7, 11) is 1.81. The maximum atomic E-state index is 10.7. The predicted molar refractivity (Wildman–Crippen MR) is 58.7 cm³/mol. The number of benzene rings is 1. The van der Waals surface area contributed by atoms with Gasteiger partial charge in [-0.2, -0.15) is 0 Å². The molecule has 0 atom stereocenters. The normalized spacial score (nSPS) is 17.4. The second-order valence-electron chi connectivity index (χ2n) is 4.40. The standard InChI is InChI=1S/C12H13N3O/c1-15-11(8-13-14-15)12(16)6-9-4-2-3-5-10(9)7-12/h2-5,8,16H,6-7H2,1H3. The molecule has 4 nitrogen and oxygen atoms in total. The van der Waals surface area contributed by atoms with Crippen molar-refractivity contribution in [3.05, 3.63) is 47.3 Å². The van der Waals surface area contributed by atoms with Crippen molar-refractivity contribution in [2.75, 3.05) is 0 Å². The van der Waals surface area contributed by atoms with E-state index >= 15 is 0 Å². The van der Waals surface area contributed by atoms with Crippen LogP contribution in [0.25, 0.3) is 0 Å². The number of nitrogens with zero attached hydrogens (tertiary/aromatic N) is 3. The van der Waals surface area contributed by atoms with E-state index < -0.39 is 5.60 Å². The maximum absolute atomic E-state index is 10.7. The highest BCUT2D eigenvalue weighted by atomic mass is 16.3. The zero-order valence-corrected chi connectivity index (χ0v) is 9.09. The molecule has 0 fully saturated rings. The van der Waals surface area contributed by atoms with Crippen molar-refractivity contribution in [2.24, 2.45) is 7.05 Å². The lowest BCUT2D eigenvalue weighted by atomic mass is 9.97. The van der Waals surface area contributed by atoms with E-state index in [2.05, 4.69) is 22.4 Å². The van der Waals surface area contributed by atoms with Crippen molar-refractivity contribution in [3.63, 3.8) is 0 Å². The first-order valence-electron chi connectivity index (χ1n) is 5.33. The summed E-state index contributed by atoms with van der Waals surface area (Å²) < 4.78 is 1.64. The zero-order valence-electron chi connectivity index (χ0n) is 9.09. The van der Waals surface area contributed by atoms with Gasteiger partial charge in [-0.05, 0) is 11.1 Å². The fourth-order valence-corrected chi connectivity index (χ4v) is 2.49. The Morgan fingerprint density at radius 3 is 2.38 bits per heavy atom. The van der Waals surface area contributed by atoms with Crippen LogP contribution in [0.2, 0.25) is 0 Å². The van der Waals surface area contributed by atoms with Crippen LogP contribution < -0.4 is 0 Å². The van der Waals surface area contributed by atoms with E-state index in [0.29, 0.717) is 12.8 Å². The molecule has 0 saturated heterocycles. The number of rotatable bonds is 1. The van der Waals surface area contributed by atoms with Gasteiger partial charge in [-0.1, -0.05) is 29.5 Å². The summed E-state index contributed by atoms with van der Waals surface area (Å²) in [6.45, 7) is 0. The van der Waals surface area contributed by atoms with Gasteiger partial charge < -0.3 is 5.11 Å². The lowest BCUT2D eigenvalue weighted by molar-refractivity contribution is 0.0397. The lowest BCUT2D eigenvalue weighted by Gasteiger charge is -2.21. The van der Waals surface area contributed by atoms with Gasteiger partial charge >= 0.3 is 0 Å². The molecule has 16 heavy (non-hydrogen) atoms. The predicted octanol–water partition coefficient (Wildman–Crippen LogP) is 0.801. The monoisotopic (exact) mass is 215 g/mol. The van der Waals surface area contributed by atoms with Gasteiger partial charge in [-0.3, -0.25) is 0 Å². The second kappa shape index (κ2) is 3.15. The first kappa shape index (κ1) is 9.54. The molecule has 0 amide bonds. The Bertz CT molecular complexity index is 508. The highest BCUT2D eigenvalue weighted by molar-refractivity contribution is 5.37. The summed E-state index contributed by atoms with van der Waals surface area (Å²) in [5.74, 6) is 0. The Labute approximate surface area is 93.5 Å². The van der Waals surface area contributed by atoms with E-state index in [1.807, 2.05) is 19.2 Å². The molecule has 0 unspecified atom stereocenters. The van der Waals surface area contributed by atoms with Gasteiger partial charge in [0, 0.05) is 19.9 Å². The van der Waals surface area contributed by atoms with Crippen LogP contribution in [0.4, 0.5) is 0 Å². The summed E-state index contributed by atoms with van der Waals surface area (Å²) in [6, 6.07) is 8.15. The molecule has 1 aliphatic carbocycles. The van der Waals surface area contributed by atoms with Crippen LogP contribution in [0, 0.1) is 0 Å². The third kappa shape index (κ3) is 1.27. The molecule has 0 bridgehead atoms. The van der Waals surface area contributed by atoms with E-state index in [0.717, 1.165) is 5.69 Å². The second-order valence-corrected chi connectivity index (χ2v) is 4.40. The molecule has 1 aromatic carbocycles. The van der Waals surface area contributed by atoms with Gasteiger partial charge in [0.1, 0.15) is 5.60 Å². The average molecular weight is 215 g/mol. The number of aryl methyl sites for hydroxylation is 1. The first-order chi connectivity index (χ1) is 7.69. The van der Waals surface area contributed by atoms with E-state index in [1.54, 1.807) is 10.9 Å². The molecule has 1 heterocycles. The Morgan fingerprint density at radius 1 is 1.25 bits per heavy atom. The highest BCUT2D eigenvalue weighted by Gasteiger charge is 2.39. The lowest BCUT2D eigenvalue weighted by Crippen LogP contribution is -2.29. The maximum Gasteiger partial charge on any atom is 0.116 e. The SMILES string of the molecule is Cn1nncc1C1(O)Cc2ccccc2C1. The fraction of sp³-hybridized carbons (Fsp3) is 0.333. The third-order valence-corrected chi connectivity index (χ3v) is 3.28. The molecule has 4 heteroatoms. The Morgan fingerprint density at radius 2 is 1.88 bits per heavy atom. The van der Waals surface area contributed by atoms with E-state index in [9.17, 15) is 5.11 Å². The Kier molecular flexibility index (Phi) is 1.88. The van der Waals surface area contributed by atoms with E-state index in [4.69, 9.17) is 0 Å². The number of fused-ring (bicyclic) bond motifs is 1. The molecule has 1 N–H and O–H groups in total. The Balaban J connectivity index is 2.04. The van der Waals surface area contributed by atoms with E-state index in [-0.39, 0.29) is 0 Å². The average Bonchev–Trinajstić information content (AvgIpc) is 2.81. The van der Waals surface area contributed by atoms with Crippen LogP contribution in [0.3, 0.4) is 0 Å². The van der Waals surface area contributed by atoms with Crippen molar-refractivity contribution in [1.82, 2.24) is 15.0 Å². The van der Waals surface area contributed by atoms with Crippen molar-refractivity contribution in [2.45, 2.75) is 18.4 Å². The topological polar surface area (TPSA) is 50.9 Å². The minimum atomic E-state index is -0.845. The minimum absolute atomic E-state index is 0.643. The molecule has 0 radical (unpaired) electrons. The van der Waals surface area contributed by atoms with Gasteiger partial charge in [0.2, 0.25) is 0 Å². The third-order valence-electron chi connectivity index (χ3n) is 3.28. The fourth-order valence-electron chi connectivity index (χ4n) is 2.49. The summed E-state index contributed by atoms with van der Waals surface area (Å²) in [4.78, 5) is 0. The van der Waals surface area contributed by atoms with Crippen LogP contribution in [0.1, 0.15) is 16.8 Å². The van der Waals surface area contributed by atoms with Crippen molar-refractivity contribution in [1.29, 1.82) is 0 Å². The van der Waals surface area contributed by atoms with Crippen LogP contribution >= 0.6 is 0 Å². The molecule has 3 rings (SSSR count). The van der Waals surface area contributed by atoms with Gasteiger partial charge in [0.25, 0.3) is 0 Å². The molecule has 0 spiro atoms. The molecule has 82 valence electrons. The van der Waals surface area contributed by atoms with E-state index in [1.165, 1.54) is 11.1 Å². The van der Waals surface area contributed by atoms with Crippen LogP contribution in [0.15, 0.2) is 30.5 Å². The number of hydrogen-bond donors (Lipinski definition) is 1. The van der Waals surface area contributed by atoms with Crippen LogP contribution in [0.5, 0.6) is 0 Å². The van der Waals surface area contributed by atoms with Gasteiger partial charge in [-0.15, -0.1) is 5.10 Å². The molecule has 1 aliphatic rings. The van der Waals surface area contributed by atoms with Crippen molar-refractivity contribution < 1.29 is 5.11 Å². The van der Waals surface area contributed by atoms with Gasteiger partial charge in [0.05, 0.1) is 11.9 Å². The van der Waals surface area contributed by atoms with Crippen LogP contribution in [-0.4, -0.2) is 20.1 Å². The molecular weight excluding hydrogens is 202 g/mol. The van der Waals surface area contributed by atoms with Gasteiger partial charge in [-0.25, -0.2) is 4.68 Å². The number of aromatic nitrogens is 3. The number of hydrogen-bond acceptors (Lipinski definition) is 3. The molecule has 0 saturated carbocycles. The summed E-state index contributed by atoms with van der Waals surface area (Å²) in [5, 5.41) is 18.4. The van der Waals surface area contributed by atoms with Crippen molar-refractivity contribution >= 4 is 0 Å². The first-order valence-corrected chi connectivity index (χ1v) is 5.33. The summed E-state index contributed by atoms with van der Waals surface area (Å²) in [6.07, 6.45) is 2.93. The Hall–Kier alpha value is -1.68. The largest absolute Gasteiger partial charge is 0.383 e. The molecule has 0 aliphatic heterocycles. The highest BCUT2D eigenvalue weighted by Crippen LogP contribution is 2.36. The molecular formula is C12H13N3O. The molecule has 1 aromatic heterocycles. The quantitative estimate of drug-likeness (QED) is 0.765. The zero-order chi connectivity index (χ0) is 11.2. The van der Waals surface area contributed by atoms with Crippen LogP contribution in [-0.2, 0) is 25.5 Å².